The van der Waals surface area contributed by atoms with Crippen molar-refractivity contribution >= 4 is 64.6 Å². The molecule has 5 aromatic rings. The second kappa shape index (κ2) is 9.50. The van der Waals surface area contributed by atoms with E-state index < -0.39 is 0 Å². The van der Waals surface area contributed by atoms with Crippen LogP contribution >= 0.6 is 31.9 Å². The Labute approximate surface area is 241 Å². The molecule has 2 aliphatic carbocycles. The van der Waals surface area contributed by atoms with Crippen molar-refractivity contribution in [2.45, 2.75) is 39.5 Å². The van der Waals surface area contributed by atoms with Crippen LogP contribution in [0.5, 0.6) is 0 Å². The number of benzene rings is 5. The van der Waals surface area contributed by atoms with E-state index in [4.69, 9.17) is 0 Å². The van der Waals surface area contributed by atoms with Gasteiger partial charge in [-0.15, -0.1) is 0 Å². The van der Waals surface area contributed by atoms with Crippen LogP contribution in [0.3, 0.4) is 0 Å². The fraction of sp³-hybridized carbons (Fsp3) is 0.222. The van der Waals surface area contributed by atoms with Crippen LogP contribution < -0.4 is 10.4 Å². The molecule has 2 aliphatic rings. The van der Waals surface area contributed by atoms with Gasteiger partial charge < -0.3 is 0 Å². The summed E-state index contributed by atoms with van der Waals surface area (Å²) in [5.41, 5.74) is 8.60. The summed E-state index contributed by atoms with van der Waals surface area (Å²) in [6.07, 6.45) is 5.12. The highest BCUT2D eigenvalue weighted by molar-refractivity contribution is 9.10. The largest absolute Gasteiger partial charge is 0.0616 e. The summed E-state index contributed by atoms with van der Waals surface area (Å²) in [6, 6.07) is 32.1. The smallest absolute Gasteiger partial charge is 0.0175 e. The van der Waals surface area contributed by atoms with E-state index in [-0.39, 0.29) is 0 Å². The average Bonchev–Trinajstić information content (AvgIpc) is 2.95. The molecule has 1 fully saturated rings. The lowest BCUT2D eigenvalue weighted by Gasteiger charge is -2.39. The second-order valence-electron chi connectivity index (χ2n) is 11.1. The van der Waals surface area contributed by atoms with Crippen LogP contribution in [0, 0.1) is 25.7 Å². The first-order chi connectivity index (χ1) is 18.5. The average molecular weight is 622 g/mol. The van der Waals surface area contributed by atoms with Gasteiger partial charge in [0.05, 0.1) is 0 Å². The fourth-order valence-electron chi connectivity index (χ4n) is 7.31. The predicted octanol–water partition coefficient (Wildman–Crippen LogP) is 9.35. The summed E-state index contributed by atoms with van der Waals surface area (Å²) in [6.45, 7) is 4.61. The van der Waals surface area contributed by atoms with Crippen LogP contribution in [0.2, 0.25) is 0 Å². The zero-order valence-corrected chi connectivity index (χ0v) is 25.0. The molecule has 0 nitrogen and oxygen atoms in total. The normalized spacial score (nSPS) is 19.1. The number of halogens is 2. The Balaban J connectivity index is 1.71. The maximum Gasteiger partial charge on any atom is 0.0175 e. The van der Waals surface area contributed by atoms with Crippen LogP contribution in [0.15, 0.2) is 93.9 Å². The molecular formula is C36H30Br2. The van der Waals surface area contributed by atoms with Crippen molar-refractivity contribution in [1.29, 1.82) is 0 Å². The highest BCUT2D eigenvalue weighted by Gasteiger charge is 2.35. The predicted molar refractivity (Wildman–Crippen MR) is 169 cm³/mol. The van der Waals surface area contributed by atoms with Crippen molar-refractivity contribution in [2.24, 2.45) is 11.8 Å². The maximum atomic E-state index is 3.67. The topological polar surface area (TPSA) is 0 Å². The summed E-state index contributed by atoms with van der Waals surface area (Å²) in [5, 5.41) is 8.37. The molecular weight excluding hydrogens is 592 g/mol. The van der Waals surface area contributed by atoms with Crippen LogP contribution in [0.25, 0.3) is 32.7 Å². The molecule has 1 saturated carbocycles. The third-order valence-electron chi connectivity index (χ3n) is 9.10. The summed E-state index contributed by atoms with van der Waals surface area (Å²) in [7, 11) is 0. The molecule has 0 heterocycles. The minimum atomic E-state index is 0.537. The minimum absolute atomic E-state index is 0.537. The first-order valence-electron chi connectivity index (χ1n) is 13.7. The monoisotopic (exact) mass is 620 g/mol. The van der Waals surface area contributed by atoms with E-state index in [2.05, 4.69) is 131 Å². The molecule has 0 spiro atoms. The van der Waals surface area contributed by atoms with E-state index in [9.17, 15) is 0 Å². The summed E-state index contributed by atoms with van der Waals surface area (Å²) in [4.78, 5) is 0. The van der Waals surface area contributed by atoms with Crippen molar-refractivity contribution in [2.75, 3.05) is 0 Å². The van der Waals surface area contributed by atoms with E-state index in [1.54, 1.807) is 11.1 Å². The molecule has 188 valence electrons. The zero-order valence-electron chi connectivity index (χ0n) is 21.8. The third kappa shape index (κ3) is 3.83. The van der Waals surface area contributed by atoms with Crippen molar-refractivity contribution in [3.63, 3.8) is 0 Å². The lowest BCUT2D eigenvalue weighted by Crippen LogP contribution is -2.42. The second-order valence-corrected chi connectivity index (χ2v) is 12.9. The lowest BCUT2D eigenvalue weighted by atomic mass is 9.65. The van der Waals surface area contributed by atoms with Gasteiger partial charge >= 0.3 is 0 Å². The molecule has 0 aromatic heterocycles. The minimum Gasteiger partial charge on any atom is -0.0616 e. The maximum absolute atomic E-state index is 3.67. The van der Waals surface area contributed by atoms with Crippen molar-refractivity contribution in [3.05, 3.63) is 127 Å². The summed E-state index contributed by atoms with van der Waals surface area (Å²) < 4.78 is 2.27. The van der Waals surface area contributed by atoms with Crippen LogP contribution in [-0.2, 0) is 0 Å². The van der Waals surface area contributed by atoms with Gasteiger partial charge in [0.1, 0.15) is 0 Å². The molecule has 0 bridgehead atoms. The Hall–Kier alpha value is -2.68. The van der Waals surface area contributed by atoms with Gasteiger partial charge in [0.2, 0.25) is 0 Å². The van der Waals surface area contributed by atoms with Gasteiger partial charge in [-0.05, 0) is 140 Å². The fourth-order valence-corrected chi connectivity index (χ4v) is 7.84. The molecule has 2 unspecified atom stereocenters. The van der Waals surface area contributed by atoms with Crippen LogP contribution in [0.1, 0.15) is 47.9 Å². The van der Waals surface area contributed by atoms with Gasteiger partial charge in [-0.1, -0.05) is 93.2 Å². The van der Waals surface area contributed by atoms with Gasteiger partial charge in [-0.25, -0.2) is 0 Å². The van der Waals surface area contributed by atoms with E-state index in [1.165, 1.54) is 79.9 Å². The highest BCUT2D eigenvalue weighted by Crippen LogP contribution is 2.46. The Kier molecular flexibility index (Phi) is 6.09. The SMILES string of the molecule is Cc1c2ccccc2c(C)c2cc3c(cc12)=C(c1ccc(Br)cc1)C1CCCCC1C=3c1ccc(Br)cc1. The molecule has 38 heavy (non-hydrogen) atoms. The Morgan fingerprint density at radius 2 is 0.921 bits per heavy atom. The Bertz CT molecular complexity index is 1710. The third-order valence-corrected chi connectivity index (χ3v) is 10.2. The van der Waals surface area contributed by atoms with E-state index in [0.717, 1.165) is 8.95 Å². The zero-order chi connectivity index (χ0) is 26.0. The molecule has 0 N–H and O–H groups in total. The van der Waals surface area contributed by atoms with Crippen molar-refractivity contribution < 1.29 is 0 Å². The Morgan fingerprint density at radius 1 is 0.526 bits per heavy atom. The van der Waals surface area contributed by atoms with E-state index in [0.29, 0.717) is 11.8 Å². The van der Waals surface area contributed by atoms with E-state index in [1.807, 2.05) is 0 Å². The number of rotatable bonds is 2. The number of aryl methyl sites for hydroxylation is 2. The first-order valence-corrected chi connectivity index (χ1v) is 15.3. The van der Waals surface area contributed by atoms with E-state index >= 15 is 0 Å². The molecule has 0 aliphatic heterocycles. The van der Waals surface area contributed by atoms with Gasteiger partial charge in [0.15, 0.2) is 0 Å². The van der Waals surface area contributed by atoms with Crippen LogP contribution in [-0.4, -0.2) is 0 Å². The van der Waals surface area contributed by atoms with Gasteiger partial charge in [0.25, 0.3) is 0 Å². The molecule has 2 heteroatoms. The quantitative estimate of drug-likeness (QED) is 0.172. The number of fused-ring (bicyclic) bond motifs is 4. The molecule has 0 amide bonds. The van der Waals surface area contributed by atoms with Gasteiger partial charge in [0, 0.05) is 8.95 Å². The Morgan fingerprint density at radius 3 is 1.32 bits per heavy atom. The molecule has 5 aromatic carbocycles. The van der Waals surface area contributed by atoms with Crippen LogP contribution in [0.4, 0.5) is 0 Å². The van der Waals surface area contributed by atoms with Gasteiger partial charge in [-0.2, -0.15) is 0 Å². The molecule has 7 rings (SSSR count). The highest BCUT2D eigenvalue weighted by atomic mass is 79.9. The van der Waals surface area contributed by atoms with Crippen molar-refractivity contribution in [3.8, 4) is 0 Å². The summed E-state index contributed by atoms with van der Waals surface area (Å²) in [5.74, 6) is 1.07. The standard InChI is InChI=1S/C36H30Br2/c1-21-27-7-3-4-8-28(27)22(2)32-20-34-33(19-31(21)32)35(23-11-15-25(37)16-12-23)29-9-5-6-10-30(29)36(34)24-13-17-26(38)18-14-24/h3-4,7-8,11-20,29-30H,5-6,9-10H2,1-2H3. The molecule has 0 radical (unpaired) electrons. The molecule has 2 atom stereocenters. The van der Waals surface area contributed by atoms with Crippen molar-refractivity contribution in [1.82, 2.24) is 0 Å². The lowest BCUT2D eigenvalue weighted by molar-refractivity contribution is 0.352. The molecule has 0 saturated heterocycles. The number of hydrogen-bond donors (Lipinski definition) is 0. The number of hydrogen-bond acceptors (Lipinski definition) is 0. The van der Waals surface area contributed by atoms with Gasteiger partial charge in [-0.3, -0.25) is 0 Å². The summed E-state index contributed by atoms with van der Waals surface area (Å²) >= 11 is 7.34. The first kappa shape index (κ1) is 24.4.